The van der Waals surface area contributed by atoms with Gasteiger partial charge < -0.3 is 5.32 Å². The molecular weight excluding hydrogens is 204 g/mol. The molecule has 1 unspecified atom stereocenters. The van der Waals surface area contributed by atoms with Crippen LogP contribution in [0.4, 0.5) is 5.13 Å². The first-order valence-electron chi connectivity index (χ1n) is 4.52. The number of rotatable bonds is 5. The SMILES string of the molecule is CCCC(Cl)CNc1nc(C)cs1. The number of nitrogens with one attached hydrogen (secondary N) is 1. The van der Waals surface area contributed by atoms with E-state index < -0.39 is 0 Å². The molecule has 0 saturated carbocycles. The topological polar surface area (TPSA) is 24.9 Å². The lowest BCUT2D eigenvalue weighted by atomic mass is 10.2. The molecule has 4 heteroatoms. The summed E-state index contributed by atoms with van der Waals surface area (Å²) in [5, 5.41) is 6.45. The second-order valence-electron chi connectivity index (χ2n) is 3.06. The maximum absolute atomic E-state index is 6.05. The van der Waals surface area contributed by atoms with Gasteiger partial charge in [0.2, 0.25) is 0 Å². The number of aromatic nitrogens is 1. The van der Waals surface area contributed by atoms with Crippen molar-refractivity contribution in [1.29, 1.82) is 0 Å². The molecule has 0 bridgehead atoms. The fourth-order valence-corrected chi connectivity index (χ4v) is 2.04. The maximum atomic E-state index is 6.05. The second-order valence-corrected chi connectivity index (χ2v) is 4.54. The zero-order valence-corrected chi connectivity index (χ0v) is 9.58. The summed E-state index contributed by atoms with van der Waals surface area (Å²) in [7, 11) is 0. The third-order valence-electron chi connectivity index (χ3n) is 1.70. The minimum Gasteiger partial charge on any atom is -0.360 e. The summed E-state index contributed by atoms with van der Waals surface area (Å²) in [5.41, 5.74) is 1.06. The molecule has 0 saturated heterocycles. The zero-order chi connectivity index (χ0) is 9.68. The predicted octanol–water partition coefficient (Wildman–Crippen LogP) is 3.27. The summed E-state index contributed by atoms with van der Waals surface area (Å²) in [6.45, 7) is 4.94. The Balaban J connectivity index is 2.26. The molecule has 13 heavy (non-hydrogen) atoms. The lowest BCUT2D eigenvalue weighted by Crippen LogP contribution is -2.13. The smallest absolute Gasteiger partial charge is 0.182 e. The number of halogens is 1. The van der Waals surface area contributed by atoms with Gasteiger partial charge in [0, 0.05) is 11.9 Å². The molecule has 1 atom stereocenters. The molecule has 0 radical (unpaired) electrons. The van der Waals surface area contributed by atoms with Gasteiger partial charge in [-0.3, -0.25) is 0 Å². The van der Waals surface area contributed by atoms with E-state index in [0.29, 0.717) is 0 Å². The minimum absolute atomic E-state index is 0.217. The summed E-state index contributed by atoms with van der Waals surface area (Å²) in [5.74, 6) is 0. The van der Waals surface area contributed by atoms with Crippen molar-refractivity contribution in [2.24, 2.45) is 0 Å². The van der Waals surface area contributed by atoms with Crippen LogP contribution in [0.15, 0.2) is 5.38 Å². The highest BCUT2D eigenvalue weighted by Gasteiger charge is 2.03. The molecule has 1 rings (SSSR count). The molecule has 0 aromatic carbocycles. The Hall–Kier alpha value is -0.280. The van der Waals surface area contributed by atoms with Crippen LogP contribution in [-0.4, -0.2) is 16.9 Å². The van der Waals surface area contributed by atoms with Gasteiger partial charge in [-0.2, -0.15) is 0 Å². The highest BCUT2D eigenvalue weighted by atomic mass is 35.5. The van der Waals surface area contributed by atoms with Gasteiger partial charge in [0.15, 0.2) is 5.13 Å². The number of aryl methyl sites for hydroxylation is 1. The largest absolute Gasteiger partial charge is 0.360 e. The number of alkyl halides is 1. The van der Waals surface area contributed by atoms with E-state index in [4.69, 9.17) is 11.6 Å². The molecule has 0 fully saturated rings. The van der Waals surface area contributed by atoms with E-state index in [1.165, 1.54) is 0 Å². The number of hydrogen-bond acceptors (Lipinski definition) is 3. The zero-order valence-electron chi connectivity index (χ0n) is 8.01. The second kappa shape index (κ2) is 5.45. The highest BCUT2D eigenvalue weighted by molar-refractivity contribution is 7.13. The van der Waals surface area contributed by atoms with Crippen LogP contribution in [0.5, 0.6) is 0 Å². The Morgan fingerprint density at radius 2 is 2.46 bits per heavy atom. The van der Waals surface area contributed by atoms with Crippen LogP contribution in [-0.2, 0) is 0 Å². The summed E-state index contributed by atoms with van der Waals surface area (Å²) >= 11 is 7.68. The molecule has 1 aromatic rings. The number of hydrogen-bond donors (Lipinski definition) is 1. The van der Waals surface area contributed by atoms with E-state index in [1.54, 1.807) is 11.3 Å². The molecule has 0 amide bonds. The van der Waals surface area contributed by atoms with E-state index in [2.05, 4.69) is 17.2 Å². The Labute approximate surface area is 88.3 Å². The van der Waals surface area contributed by atoms with Crippen molar-refractivity contribution in [3.8, 4) is 0 Å². The molecule has 0 aliphatic rings. The van der Waals surface area contributed by atoms with Gasteiger partial charge >= 0.3 is 0 Å². The Bertz CT molecular complexity index is 250. The number of anilines is 1. The average molecular weight is 219 g/mol. The molecule has 74 valence electrons. The third-order valence-corrected chi connectivity index (χ3v) is 2.99. The molecule has 1 heterocycles. The van der Waals surface area contributed by atoms with Gasteiger partial charge in [0.1, 0.15) is 0 Å². The minimum atomic E-state index is 0.217. The van der Waals surface area contributed by atoms with Crippen molar-refractivity contribution < 1.29 is 0 Å². The van der Waals surface area contributed by atoms with Crippen molar-refractivity contribution in [2.45, 2.75) is 32.1 Å². The number of thiazole rings is 1. The molecule has 0 spiro atoms. The van der Waals surface area contributed by atoms with Crippen LogP contribution >= 0.6 is 22.9 Å². The summed E-state index contributed by atoms with van der Waals surface area (Å²) in [4.78, 5) is 4.29. The monoisotopic (exact) mass is 218 g/mol. The summed E-state index contributed by atoms with van der Waals surface area (Å²) < 4.78 is 0. The standard InChI is InChI=1S/C9H15ClN2S/c1-3-4-8(10)5-11-9-12-7(2)6-13-9/h6,8H,3-5H2,1-2H3,(H,11,12). The average Bonchev–Trinajstić information content (AvgIpc) is 2.49. The van der Waals surface area contributed by atoms with Crippen molar-refractivity contribution >= 4 is 28.1 Å². The van der Waals surface area contributed by atoms with Crippen LogP contribution in [0.1, 0.15) is 25.5 Å². The van der Waals surface area contributed by atoms with E-state index in [0.717, 1.165) is 30.2 Å². The van der Waals surface area contributed by atoms with E-state index in [9.17, 15) is 0 Å². The van der Waals surface area contributed by atoms with Gasteiger partial charge in [-0.1, -0.05) is 13.3 Å². The van der Waals surface area contributed by atoms with Crippen molar-refractivity contribution in [1.82, 2.24) is 4.98 Å². The summed E-state index contributed by atoms with van der Waals surface area (Å²) in [6.07, 6.45) is 2.19. The fourth-order valence-electron chi connectivity index (χ4n) is 1.05. The predicted molar refractivity (Wildman–Crippen MR) is 59.9 cm³/mol. The van der Waals surface area contributed by atoms with Crippen LogP contribution < -0.4 is 5.32 Å². The normalized spacial score (nSPS) is 12.8. The molecule has 1 aromatic heterocycles. The van der Waals surface area contributed by atoms with Gasteiger partial charge in [0.25, 0.3) is 0 Å². The van der Waals surface area contributed by atoms with Gasteiger partial charge in [0.05, 0.1) is 11.1 Å². The van der Waals surface area contributed by atoms with Crippen LogP contribution in [0.3, 0.4) is 0 Å². The highest BCUT2D eigenvalue weighted by Crippen LogP contribution is 2.15. The van der Waals surface area contributed by atoms with E-state index in [1.807, 2.05) is 12.3 Å². The first-order chi connectivity index (χ1) is 6.22. The molecular formula is C9H15ClN2S. The van der Waals surface area contributed by atoms with E-state index in [-0.39, 0.29) is 5.38 Å². The first kappa shape index (κ1) is 10.8. The van der Waals surface area contributed by atoms with Crippen LogP contribution in [0.25, 0.3) is 0 Å². The first-order valence-corrected chi connectivity index (χ1v) is 5.84. The Morgan fingerprint density at radius 1 is 1.69 bits per heavy atom. The molecule has 1 N–H and O–H groups in total. The quantitative estimate of drug-likeness (QED) is 0.768. The lowest BCUT2D eigenvalue weighted by molar-refractivity contribution is 0.751. The maximum Gasteiger partial charge on any atom is 0.182 e. The van der Waals surface area contributed by atoms with Crippen LogP contribution in [0, 0.1) is 6.92 Å². The number of nitrogens with zero attached hydrogens (tertiary/aromatic N) is 1. The summed E-state index contributed by atoms with van der Waals surface area (Å²) in [6, 6.07) is 0. The Morgan fingerprint density at radius 3 is 3.00 bits per heavy atom. The lowest BCUT2D eigenvalue weighted by Gasteiger charge is -2.07. The Kier molecular flexibility index (Phi) is 4.53. The molecule has 2 nitrogen and oxygen atoms in total. The fraction of sp³-hybridized carbons (Fsp3) is 0.667. The van der Waals surface area contributed by atoms with Crippen molar-refractivity contribution in [2.75, 3.05) is 11.9 Å². The van der Waals surface area contributed by atoms with Gasteiger partial charge in [-0.25, -0.2) is 4.98 Å². The van der Waals surface area contributed by atoms with Gasteiger partial charge in [-0.05, 0) is 13.3 Å². The molecule has 0 aliphatic heterocycles. The van der Waals surface area contributed by atoms with Gasteiger partial charge in [-0.15, -0.1) is 22.9 Å². The van der Waals surface area contributed by atoms with Crippen molar-refractivity contribution in [3.63, 3.8) is 0 Å². The van der Waals surface area contributed by atoms with E-state index >= 15 is 0 Å². The third kappa shape index (κ3) is 3.96. The van der Waals surface area contributed by atoms with Crippen molar-refractivity contribution in [3.05, 3.63) is 11.1 Å². The van der Waals surface area contributed by atoms with Crippen LogP contribution in [0.2, 0.25) is 0 Å². The molecule has 0 aliphatic carbocycles.